The summed E-state index contributed by atoms with van der Waals surface area (Å²) < 4.78 is 48.1. The summed E-state index contributed by atoms with van der Waals surface area (Å²) in [6.07, 6.45) is -4.61. The molecule has 11 heteroatoms. The molecule has 0 aliphatic carbocycles. The second kappa shape index (κ2) is 8.57. The molecule has 0 aliphatic rings. The number of hydrogen-bond donors (Lipinski definition) is 2. The molecule has 0 saturated carbocycles. The molecule has 0 aromatic heterocycles. The molecule has 3 N–H and O–H groups in total. The topological polar surface area (TPSA) is 90.7 Å². The quantitative estimate of drug-likeness (QED) is 0.535. The number of nitrogens with one attached hydrogen (secondary N) is 1. The molecule has 150 valence electrons. The van der Waals surface area contributed by atoms with Gasteiger partial charge in [0.1, 0.15) is 11.3 Å². The van der Waals surface area contributed by atoms with Crippen LogP contribution < -0.4 is 15.8 Å². The zero-order valence-electron chi connectivity index (χ0n) is 14.2. The smallest absolute Gasteiger partial charge is 0.416 e. The van der Waals surface area contributed by atoms with Crippen LogP contribution in [0.2, 0.25) is 10.0 Å². The lowest BCUT2D eigenvalue weighted by atomic mass is 10.2. The van der Waals surface area contributed by atoms with Crippen molar-refractivity contribution in [1.82, 2.24) is 0 Å². The number of amides is 1. The van der Waals surface area contributed by atoms with E-state index in [0.29, 0.717) is 6.07 Å². The van der Waals surface area contributed by atoms with Crippen LogP contribution in [-0.2, 0) is 15.7 Å². The zero-order valence-corrected chi connectivity index (χ0v) is 15.7. The average Bonchev–Trinajstić information content (AvgIpc) is 2.62. The number of alkyl halides is 3. The van der Waals surface area contributed by atoms with E-state index in [2.05, 4.69) is 5.32 Å². The standard InChI is InChI=1S/C17H13Cl2F3N2O4/c1-27-14-6-12(23)11(19)5-9(14)16(26)28-7-15(25)24-13-4-8(17(20,21)22)2-3-10(13)18/h2-6H,7,23H2,1H3,(H,24,25). The minimum atomic E-state index is -4.61. The van der Waals surface area contributed by atoms with Gasteiger partial charge in [0.05, 0.1) is 34.1 Å². The van der Waals surface area contributed by atoms with Gasteiger partial charge in [-0.15, -0.1) is 0 Å². The van der Waals surface area contributed by atoms with Crippen LogP contribution >= 0.6 is 23.2 Å². The van der Waals surface area contributed by atoms with Crippen LogP contribution in [0.25, 0.3) is 0 Å². The van der Waals surface area contributed by atoms with E-state index < -0.39 is 30.2 Å². The fourth-order valence-corrected chi connectivity index (χ4v) is 2.42. The Balaban J connectivity index is 2.07. The molecule has 0 aliphatic heterocycles. The molecule has 1 amide bonds. The van der Waals surface area contributed by atoms with E-state index in [1.165, 1.54) is 19.2 Å². The first-order valence-electron chi connectivity index (χ1n) is 7.49. The Bertz CT molecular complexity index is 920. The maximum absolute atomic E-state index is 12.8. The second-order valence-corrected chi connectivity index (χ2v) is 6.21. The zero-order chi connectivity index (χ0) is 21.1. The maximum atomic E-state index is 12.8. The molecule has 2 rings (SSSR count). The number of hydrogen-bond acceptors (Lipinski definition) is 5. The summed E-state index contributed by atoms with van der Waals surface area (Å²) in [5.74, 6) is -1.76. The number of anilines is 2. The van der Waals surface area contributed by atoms with Crippen molar-refractivity contribution < 1.29 is 32.2 Å². The summed E-state index contributed by atoms with van der Waals surface area (Å²) >= 11 is 11.6. The largest absolute Gasteiger partial charge is 0.496 e. The first-order valence-corrected chi connectivity index (χ1v) is 8.25. The number of carbonyl (C=O) groups is 2. The molecule has 0 unspecified atom stereocenters. The van der Waals surface area contributed by atoms with Gasteiger partial charge in [0.2, 0.25) is 0 Å². The lowest BCUT2D eigenvalue weighted by Crippen LogP contribution is -2.21. The molecule has 2 aromatic rings. The van der Waals surface area contributed by atoms with Crippen molar-refractivity contribution in [3.63, 3.8) is 0 Å². The highest BCUT2D eigenvalue weighted by molar-refractivity contribution is 6.34. The van der Waals surface area contributed by atoms with Crippen molar-refractivity contribution >= 4 is 46.5 Å². The average molecular weight is 437 g/mol. The van der Waals surface area contributed by atoms with Crippen LogP contribution in [0.4, 0.5) is 24.5 Å². The van der Waals surface area contributed by atoms with E-state index in [0.717, 1.165) is 12.1 Å². The third kappa shape index (κ3) is 5.20. The van der Waals surface area contributed by atoms with Gasteiger partial charge in [-0.05, 0) is 24.3 Å². The van der Waals surface area contributed by atoms with Gasteiger partial charge >= 0.3 is 12.1 Å². The Hall–Kier alpha value is -2.65. The number of rotatable bonds is 5. The third-order valence-corrected chi connectivity index (χ3v) is 4.10. The number of ether oxygens (including phenoxy) is 2. The fourth-order valence-electron chi connectivity index (χ4n) is 2.09. The highest BCUT2D eigenvalue weighted by atomic mass is 35.5. The monoisotopic (exact) mass is 436 g/mol. The predicted octanol–water partition coefficient (Wildman–Crippen LogP) is 4.40. The third-order valence-electron chi connectivity index (χ3n) is 3.44. The molecule has 2 aromatic carbocycles. The number of esters is 1. The lowest BCUT2D eigenvalue weighted by Gasteiger charge is -2.13. The van der Waals surface area contributed by atoms with E-state index in [4.69, 9.17) is 38.4 Å². The van der Waals surface area contributed by atoms with Gasteiger partial charge in [-0.3, -0.25) is 4.79 Å². The van der Waals surface area contributed by atoms with Crippen molar-refractivity contribution in [2.45, 2.75) is 6.18 Å². The highest BCUT2D eigenvalue weighted by Crippen LogP contribution is 2.34. The Kier molecular flexibility index (Phi) is 6.63. The first kappa shape index (κ1) is 21.6. The number of benzene rings is 2. The maximum Gasteiger partial charge on any atom is 0.416 e. The van der Waals surface area contributed by atoms with Crippen molar-refractivity contribution in [3.8, 4) is 5.75 Å². The molecule has 0 fully saturated rings. The van der Waals surface area contributed by atoms with Crippen LogP contribution in [0.5, 0.6) is 5.75 Å². The molecule has 0 heterocycles. The molecule has 0 radical (unpaired) electrons. The van der Waals surface area contributed by atoms with E-state index in [-0.39, 0.29) is 32.7 Å². The number of halogens is 5. The normalized spacial score (nSPS) is 11.1. The van der Waals surface area contributed by atoms with Crippen LogP contribution in [0.1, 0.15) is 15.9 Å². The van der Waals surface area contributed by atoms with Gasteiger partial charge in [0.25, 0.3) is 5.91 Å². The van der Waals surface area contributed by atoms with Gasteiger partial charge in [0.15, 0.2) is 6.61 Å². The van der Waals surface area contributed by atoms with Crippen molar-refractivity contribution in [2.24, 2.45) is 0 Å². The van der Waals surface area contributed by atoms with Crippen LogP contribution in [0.15, 0.2) is 30.3 Å². The lowest BCUT2D eigenvalue weighted by molar-refractivity contribution is -0.137. The van der Waals surface area contributed by atoms with Crippen LogP contribution in [0.3, 0.4) is 0 Å². The molecule has 6 nitrogen and oxygen atoms in total. The van der Waals surface area contributed by atoms with Crippen molar-refractivity contribution in [3.05, 3.63) is 51.5 Å². The van der Waals surface area contributed by atoms with E-state index in [9.17, 15) is 22.8 Å². The van der Waals surface area contributed by atoms with Gasteiger partial charge in [-0.2, -0.15) is 13.2 Å². The Morgan fingerprint density at radius 1 is 1.14 bits per heavy atom. The van der Waals surface area contributed by atoms with Gasteiger partial charge in [-0.25, -0.2) is 4.79 Å². The molecular weight excluding hydrogens is 424 g/mol. The number of carbonyl (C=O) groups excluding carboxylic acids is 2. The molecule has 28 heavy (non-hydrogen) atoms. The molecule has 0 atom stereocenters. The predicted molar refractivity (Wildman–Crippen MR) is 97.8 cm³/mol. The van der Waals surface area contributed by atoms with Crippen LogP contribution in [0, 0.1) is 0 Å². The molecule has 0 spiro atoms. The number of nitrogens with two attached hydrogens (primary N) is 1. The molecular formula is C17H13Cl2F3N2O4. The summed E-state index contributed by atoms with van der Waals surface area (Å²) in [7, 11) is 1.29. The summed E-state index contributed by atoms with van der Waals surface area (Å²) in [6, 6.07) is 4.95. The van der Waals surface area contributed by atoms with Gasteiger partial charge in [-0.1, -0.05) is 23.2 Å². The van der Waals surface area contributed by atoms with Gasteiger partial charge < -0.3 is 20.5 Å². The summed E-state index contributed by atoms with van der Waals surface area (Å²) in [5, 5.41) is 2.12. The summed E-state index contributed by atoms with van der Waals surface area (Å²) in [5.41, 5.74) is 4.44. The minimum Gasteiger partial charge on any atom is -0.496 e. The van der Waals surface area contributed by atoms with E-state index >= 15 is 0 Å². The molecule has 0 saturated heterocycles. The van der Waals surface area contributed by atoms with E-state index in [1.807, 2.05) is 0 Å². The summed E-state index contributed by atoms with van der Waals surface area (Å²) in [4.78, 5) is 24.1. The Morgan fingerprint density at radius 2 is 1.82 bits per heavy atom. The number of methoxy groups -OCH3 is 1. The highest BCUT2D eigenvalue weighted by Gasteiger charge is 2.31. The number of nitrogen functional groups attached to an aromatic ring is 1. The second-order valence-electron chi connectivity index (χ2n) is 5.39. The van der Waals surface area contributed by atoms with Crippen LogP contribution in [-0.4, -0.2) is 25.6 Å². The van der Waals surface area contributed by atoms with Crippen molar-refractivity contribution in [1.29, 1.82) is 0 Å². The molecule has 0 bridgehead atoms. The van der Waals surface area contributed by atoms with Crippen molar-refractivity contribution in [2.75, 3.05) is 24.8 Å². The fraction of sp³-hybridized carbons (Fsp3) is 0.176. The first-order chi connectivity index (χ1) is 13.0. The minimum absolute atomic E-state index is 0.0768. The van der Waals surface area contributed by atoms with E-state index in [1.54, 1.807) is 0 Å². The Morgan fingerprint density at radius 3 is 2.43 bits per heavy atom. The Labute approximate surface area is 167 Å². The summed E-state index contributed by atoms with van der Waals surface area (Å²) in [6.45, 7) is -0.781. The van der Waals surface area contributed by atoms with Gasteiger partial charge in [0, 0.05) is 6.07 Å². The SMILES string of the molecule is COc1cc(N)c(Cl)cc1C(=O)OCC(=O)Nc1cc(C(F)(F)F)ccc1Cl.